The smallest absolute Gasteiger partial charge is 0.109 e. The Balaban J connectivity index is 2.13. The number of fused-ring (bicyclic) bond motifs is 1. The Morgan fingerprint density at radius 1 is 1.57 bits per heavy atom. The Labute approximate surface area is 88.7 Å². The van der Waals surface area contributed by atoms with Gasteiger partial charge in [-0.25, -0.2) is 0 Å². The summed E-state index contributed by atoms with van der Waals surface area (Å²) in [5.74, 6) is 1.80. The van der Waals surface area contributed by atoms with Crippen LogP contribution < -0.4 is 0 Å². The van der Waals surface area contributed by atoms with Crippen molar-refractivity contribution in [1.82, 2.24) is 0 Å². The molecule has 0 saturated heterocycles. The van der Waals surface area contributed by atoms with Crippen LogP contribution >= 0.6 is 0 Å². The van der Waals surface area contributed by atoms with Crippen LogP contribution in [-0.4, -0.2) is 7.28 Å². The largest absolute Gasteiger partial charge is 0.149 e. The minimum absolute atomic E-state index is 0.579. The van der Waals surface area contributed by atoms with Crippen LogP contribution in [-0.2, 0) is 0 Å². The van der Waals surface area contributed by atoms with Crippen molar-refractivity contribution in [3.05, 3.63) is 23.7 Å². The van der Waals surface area contributed by atoms with Crippen LogP contribution in [0.5, 0.6) is 0 Å². The van der Waals surface area contributed by atoms with Crippen LogP contribution in [0.3, 0.4) is 0 Å². The van der Waals surface area contributed by atoms with Gasteiger partial charge in [0.15, 0.2) is 0 Å². The zero-order valence-electron chi connectivity index (χ0n) is 9.64. The second kappa shape index (κ2) is 3.29. The molecule has 0 heterocycles. The standard InChI is InChI=1S/C13H20B/c1-5-6-14-12-8-10-7-11(9(12)2)13(10,3)4/h5,10-11H,1,6-8H2,2-4H3/t10-,11+/m1/s1. The molecule has 1 saturated carbocycles. The second-order valence-corrected chi connectivity index (χ2v) is 5.45. The SMILES string of the molecule is C=CC[B]C1=C(C)[C@@H]2C[C@H](C1)C2(C)C. The van der Waals surface area contributed by atoms with Crippen molar-refractivity contribution in [2.45, 2.75) is 39.9 Å². The van der Waals surface area contributed by atoms with Crippen LogP contribution in [0, 0.1) is 17.3 Å². The van der Waals surface area contributed by atoms with Gasteiger partial charge in [0, 0.05) is 0 Å². The van der Waals surface area contributed by atoms with Gasteiger partial charge in [-0.2, -0.15) is 0 Å². The summed E-state index contributed by atoms with van der Waals surface area (Å²) < 4.78 is 0. The van der Waals surface area contributed by atoms with E-state index in [4.69, 9.17) is 0 Å². The van der Waals surface area contributed by atoms with E-state index in [0.717, 1.165) is 18.2 Å². The molecule has 0 spiro atoms. The molecule has 0 amide bonds. The number of hydrogen-bond donors (Lipinski definition) is 0. The van der Waals surface area contributed by atoms with Crippen LogP contribution in [0.15, 0.2) is 23.7 Å². The monoisotopic (exact) mass is 187 g/mol. The van der Waals surface area contributed by atoms with Gasteiger partial charge in [-0.3, -0.25) is 0 Å². The molecule has 1 heteroatoms. The quantitative estimate of drug-likeness (QED) is 0.467. The van der Waals surface area contributed by atoms with Gasteiger partial charge >= 0.3 is 0 Å². The second-order valence-electron chi connectivity index (χ2n) is 5.45. The number of hydrogen-bond acceptors (Lipinski definition) is 0. The lowest BCUT2D eigenvalue weighted by Gasteiger charge is -2.58. The molecule has 2 atom stereocenters. The molecule has 0 aromatic heterocycles. The van der Waals surface area contributed by atoms with Crippen molar-refractivity contribution in [3.63, 3.8) is 0 Å². The lowest BCUT2D eigenvalue weighted by atomic mass is 9.43. The fourth-order valence-corrected chi connectivity index (χ4v) is 3.22. The Morgan fingerprint density at radius 3 is 2.79 bits per heavy atom. The van der Waals surface area contributed by atoms with Crippen LogP contribution in [0.1, 0.15) is 33.6 Å². The molecular weight excluding hydrogens is 167 g/mol. The molecule has 0 N–H and O–H groups in total. The van der Waals surface area contributed by atoms with Crippen molar-refractivity contribution in [3.8, 4) is 0 Å². The fourth-order valence-electron chi connectivity index (χ4n) is 3.22. The summed E-state index contributed by atoms with van der Waals surface area (Å²) in [4.78, 5) is 0. The maximum atomic E-state index is 3.78. The molecule has 0 aromatic rings. The average molecular weight is 187 g/mol. The van der Waals surface area contributed by atoms with Crippen LogP contribution in [0.4, 0.5) is 0 Å². The molecule has 2 bridgehead atoms. The maximum Gasteiger partial charge on any atom is 0.149 e. The van der Waals surface area contributed by atoms with Gasteiger partial charge in [-0.1, -0.05) is 31.8 Å². The van der Waals surface area contributed by atoms with E-state index in [1.807, 2.05) is 6.08 Å². The van der Waals surface area contributed by atoms with Crippen molar-refractivity contribution in [1.29, 1.82) is 0 Å². The molecule has 0 aliphatic heterocycles. The maximum absolute atomic E-state index is 3.78. The van der Waals surface area contributed by atoms with E-state index in [1.54, 1.807) is 11.0 Å². The fraction of sp³-hybridized carbons (Fsp3) is 0.692. The van der Waals surface area contributed by atoms with Crippen molar-refractivity contribution < 1.29 is 0 Å². The molecule has 75 valence electrons. The minimum Gasteiger partial charge on any atom is -0.109 e. The summed E-state index contributed by atoms with van der Waals surface area (Å²) in [6, 6.07) is 0. The van der Waals surface area contributed by atoms with E-state index in [1.165, 1.54) is 12.8 Å². The zero-order chi connectivity index (χ0) is 10.3. The predicted octanol–water partition coefficient (Wildman–Crippen LogP) is 3.63. The molecule has 0 unspecified atom stereocenters. The van der Waals surface area contributed by atoms with Gasteiger partial charge in [0.05, 0.1) is 0 Å². The molecular formula is C13H20B. The van der Waals surface area contributed by atoms with E-state index in [0.29, 0.717) is 5.41 Å². The zero-order valence-corrected chi connectivity index (χ0v) is 9.64. The van der Waals surface area contributed by atoms with Crippen LogP contribution in [0.2, 0.25) is 6.32 Å². The lowest BCUT2D eigenvalue weighted by Crippen LogP contribution is -2.49. The van der Waals surface area contributed by atoms with E-state index in [9.17, 15) is 0 Å². The number of rotatable bonds is 3. The summed E-state index contributed by atoms with van der Waals surface area (Å²) in [5, 5.41) is 0. The molecule has 0 nitrogen and oxygen atoms in total. The summed E-state index contributed by atoms with van der Waals surface area (Å²) in [6.07, 6.45) is 5.77. The third-order valence-corrected chi connectivity index (χ3v) is 4.50. The molecule has 1 radical (unpaired) electrons. The first-order valence-electron chi connectivity index (χ1n) is 5.71. The van der Waals surface area contributed by atoms with Crippen molar-refractivity contribution in [2.24, 2.45) is 17.3 Å². The molecule has 3 aliphatic carbocycles. The van der Waals surface area contributed by atoms with Crippen molar-refractivity contribution >= 4 is 7.28 Å². The van der Waals surface area contributed by atoms with E-state index >= 15 is 0 Å². The van der Waals surface area contributed by atoms with E-state index in [-0.39, 0.29) is 0 Å². The molecule has 0 aromatic carbocycles. The first-order chi connectivity index (χ1) is 6.57. The molecule has 3 rings (SSSR count). The molecule has 1 fully saturated rings. The third kappa shape index (κ3) is 1.29. The predicted molar refractivity (Wildman–Crippen MR) is 63.5 cm³/mol. The first kappa shape index (κ1) is 10.1. The Bertz CT molecular complexity index is 286. The van der Waals surface area contributed by atoms with Crippen molar-refractivity contribution in [2.75, 3.05) is 0 Å². The summed E-state index contributed by atoms with van der Waals surface area (Å²) in [5.41, 5.74) is 3.85. The highest BCUT2D eigenvalue weighted by Crippen LogP contribution is 2.60. The third-order valence-electron chi connectivity index (χ3n) is 4.50. The Kier molecular flexibility index (Phi) is 2.37. The molecule has 3 aliphatic rings. The van der Waals surface area contributed by atoms with E-state index < -0.39 is 0 Å². The van der Waals surface area contributed by atoms with Crippen LogP contribution in [0.25, 0.3) is 0 Å². The van der Waals surface area contributed by atoms with Gasteiger partial charge < -0.3 is 0 Å². The summed E-state index contributed by atoms with van der Waals surface area (Å²) in [7, 11) is 2.37. The normalized spacial score (nSPS) is 33.6. The van der Waals surface area contributed by atoms with Gasteiger partial charge in [0.1, 0.15) is 7.28 Å². The highest BCUT2D eigenvalue weighted by atomic mass is 14.5. The van der Waals surface area contributed by atoms with Gasteiger partial charge in [0.2, 0.25) is 0 Å². The highest BCUT2D eigenvalue weighted by Gasteiger charge is 2.51. The lowest BCUT2D eigenvalue weighted by molar-refractivity contribution is -0.00758. The minimum atomic E-state index is 0.579. The summed E-state index contributed by atoms with van der Waals surface area (Å²) in [6.45, 7) is 11.0. The van der Waals surface area contributed by atoms with Gasteiger partial charge in [-0.05, 0) is 37.0 Å². The highest BCUT2D eigenvalue weighted by molar-refractivity contribution is 6.46. The number of allylic oxidation sites excluding steroid dienone is 3. The van der Waals surface area contributed by atoms with Gasteiger partial charge in [-0.15, -0.1) is 12.1 Å². The summed E-state index contributed by atoms with van der Waals surface area (Å²) >= 11 is 0. The Hall–Kier alpha value is -0.455. The first-order valence-corrected chi connectivity index (χ1v) is 5.71. The average Bonchev–Trinajstić information content (AvgIpc) is 2.15. The van der Waals surface area contributed by atoms with Gasteiger partial charge in [0.25, 0.3) is 0 Å². The molecule has 14 heavy (non-hydrogen) atoms. The van der Waals surface area contributed by atoms with E-state index in [2.05, 4.69) is 34.6 Å². The Morgan fingerprint density at radius 2 is 2.29 bits per heavy atom. The topological polar surface area (TPSA) is 0 Å².